The fraction of sp³-hybridized carbons (Fsp3) is 0. The second-order valence-electron chi connectivity index (χ2n) is 1.86. The molecule has 1 nitrogen and oxygen atoms in total. The molecule has 0 spiro atoms. The number of benzene rings is 1. The molecule has 0 N–H and O–H groups in total. The molecule has 0 atom stereocenters. The summed E-state index contributed by atoms with van der Waals surface area (Å²) in [6, 6.07) is 8.36. The Labute approximate surface area is 75.8 Å². The summed E-state index contributed by atoms with van der Waals surface area (Å²) in [6.45, 7) is 0. The molecule has 0 radical (unpaired) electrons. The molecule has 0 saturated carbocycles. The second kappa shape index (κ2) is 3.33. The zero-order valence-electron chi connectivity index (χ0n) is 5.15. The number of halogens is 1. The van der Waals surface area contributed by atoms with Gasteiger partial charge in [-0.2, -0.15) is 0 Å². The van der Waals surface area contributed by atoms with Gasteiger partial charge in [0, 0.05) is 0 Å². The van der Waals surface area contributed by atoms with Gasteiger partial charge in [-0.15, -0.1) is 17.0 Å². The number of rotatable bonds is 0. The average Bonchev–Trinajstić information content (AvgIpc) is 2.33. The Kier molecular flexibility index (Phi) is 2.66. The van der Waals surface area contributed by atoms with Crippen LogP contribution in [-0.2, 0) is 0 Å². The van der Waals surface area contributed by atoms with E-state index in [4.69, 9.17) is 0 Å². The van der Waals surface area contributed by atoms with E-state index in [-0.39, 0.29) is 17.0 Å². The summed E-state index contributed by atoms with van der Waals surface area (Å²) >= 11 is 0.372. The maximum absolute atomic E-state index is 4.19. The van der Waals surface area contributed by atoms with Crippen LogP contribution < -0.4 is 0 Å². The van der Waals surface area contributed by atoms with Gasteiger partial charge in [-0.1, -0.05) is 0 Å². The SMILES string of the molecule is Br.c1ccc2[se]ncc2c1. The molecule has 0 aliphatic rings. The van der Waals surface area contributed by atoms with Crippen LogP contribution in [0, 0.1) is 0 Å². The molecular formula is C7H6BrNSe. The zero-order chi connectivity index (χ0) is 6.10. The normalized spacial score (nSPS) is 9.20. The van der Waals surface area contributed by atoms with E-state index in [1.54, 1.807) is 0 Å². The standard InChI is InChI=1S/C7H5NSe.BrH/c1-2-4-7-6(3-1)5-8-9-7;/h1-5H;1H. The van der Waals surface area contributed by atoms with Gasteiger partial charge in [0.05, 0.1) is 0 Å². The topological polar surface area (TPSA) is 12.9 Å². The molecule has 0 fully saturated rings. The van der Waals surface area contributed by atoms with E-state index in [9.17, 15) is 0 Å². The summed E-state index contributed by atoms with van der Waals surface area (Å²) in [6.07, 6.45) is 1.95. The molecule has 10 heavy (non-hydrogen) atoms. The van der Waals surface area contributed by atoms with E-state index < -0.39 is 0 Å². The van der Waals surface area contributed by atoms with Crippen molar-refractivity contribution in [3.63, 3.8) is 0 Å². The molecule has 3 heteroatoms. The van der Waals surface area contributed by atoms with Gasteiger partial charge in [-0.3, -0.25) is 0 Å². The summed E-state index contributed by atoms with van der Waals surface area (Å²) in [7, 11) is 0. The number of hydrogen-bond donors (Lipinski definition) is 0. The number of aromatic nitrogens is 1. The third-order valence-corrected chi connectivity index (χ3v) is 2.90. The van der Waals surface area contributed by atoms with Gasteiger partial charge in [0.1, 0.15) is 0 Å². The van der Waals surface area contributed by atoms with Crippen molar-refractivity contribution in [1.29, 1.82) is 0 Å². The molecule has 2 rings (SSSR count). The Morgan fingerprint density at radius 2 is 2.00 bits per heavy atom. The van der Waals surface area contributed by atoms with E-state index >= 15 is 0 Å². The molecule has 1 heterocycles. The molecule has 0 amide bonds. The quantitative estimate of drug-likeness (QED) is 0.661. The van der Waals surface area contributed by atoms with Crippen LogP contribution in [-0.4, -0.2) is 18.7 Å². The molecular weight excluding hydrogens is 257 g/mol. The van der Waals surface area contributed by atoms with Gasteiger partial charge in [-0.05, 0) is 0 Å². The Morgan fingerprint density at radius 3 is 2.80 bits per heavy atom. The monoisotopic (exact) mass is 263 g/mol. The van der Waals surface area contributed by atoms with Crippen LogP contribution >= 0.6 is 17.0 Å². The minimum absolute atomic E-state index is 0. The average molecular weight is 263 g/mol. The van der Waals surface area contributed by atoms with Crippen LogP contribution in [0.1, 0.15) is 0 Å². The van der Waals surface area contributed by atoms with Crippen molar-refractivity contribution in [3.8, 4) is 0 Å². The van der Waals surface area contributed by atoms with Crippen LogP contribution in [0.5, 0.6) is 0 Å². The van der Waals surface area contributed by atoms with Gasteiger partial charge in [-0.25, -0.2) is 0 Å². The Hall–Kier alpha value is -0.111. The summed E-state index contributed by atoms with van der Waals surface area (Å²) in [5.41, 5.74) is 0. The van der Waals surface area contributed by atoms with E-state index in [1.165, 1.54) is 9.65 Å². The van der Waals surface area contributed by atoms with Crippen molar-refractivity contribution >= 4 is 41.4 Å². The van der Waals surface area contributed by atoms with Gasteiger partial charge in [0.25, 0.3) is 0 Å². The molecule has 0 aliphatic heterocycles. The van der Waals surface area contributed by atoms with Crippen molar-refractivity contribution in [2.75, 3.05) is 0 Å². The third kappa shape index (κ3) is 1.31. The summed E-state index contributed by atoms with van der Waals surface area (Å²) in [5, 5.41) is 1.30. The molecule has 0 aliphatic carbocycles. The van der Waals surface area contributed by atoms with Gasteiger partial charge >= 0.3 is 58.8 Å². The molecule has 52 valence electrons. The first kappa shape index (κ1) is 7.99. The van der Waals surface area contributed by atoms with Crippen LogP contribution in [0.15, 0.2) is 30.5 Å². The first-order valence-corrected chi connectivity index (χ1v) is 4.38. The number of nitrogens with zero attached hydrogens (tertiary/aromatic N) is 1. The van der Waals surface area contributed by atoms with Crippen molar-refractivity contribution in [3.05, 3.63) is 30.5 Å². The summed E-state index contributed by atoms with van der Waals surface area (Å²) < 4.78 is 5.60. The molecule has 0 bridgehead atoms. The van der Waals surface area contributed by atoms with E-state index in [2.05, 4.69) is 22.2 Å². The van der Waals surface area contributed by atoms with Crippen LogP contribution in [0.4, 0.5) is 0 Å². The Bertz CT molecular complexity index is 288. The van der Waals surface area contributed by atoms with Gasteiger partial charge in [0.2, 0.25) is 0 Å². The molecule has 1 aromatic heterocycles. The predicted molar refractivity (Wildman–Crippen MR) is 49.0 cm³/mol. The van der Waals surface area contributed by atoms with Crippen molar-refractivity contribution in [1.82, 2.24) is 3.98 Å². The molecule has 0 unspecified atom stereocenters. The van der Waals surface area contributed by atoms with Crippen molar-refractivity contribution < 1.29 is 0 Å². The predicted octanol–water partition coefficient (Wildman–Crippen LogP) is 1.87. The minimum atomic E-state index is 0. The second-order valence-corrected chi connectivity index (χ2v) is 3.61. The van der Waals surface area contributed by atoms with Crippen LogP contribution in [0.3, 0.4) is 0 Å². The summed E-state index contributed by atoms with van der Waals surface area (Å²) in [4.78, 5) is 0. The first-order chi connectivity index (χ1) is 4.47. The summed E-state index contributed by atoms with van der Waals surface area (Å²) in [5.74, 6) is 0. The molecule has 1 aromatic carbocycles. The van der Waals surface area contributed by atoms with Crippen molar-refractivity contribution in [2.45, 2.75) is 0 Å². The maximum atomic E-state index is 4.19. The zero-order valence-corrected chi connectivity index (χ0v) is 8.58. The fourth-order valence-corrected chi connectivity index (χ4v) is 2.16. The number of hydrogen-bond acceptors (Lipinski definition) is 1. The Morgan fingerprint density at radius 1 is 1.20 bits per heavy atom. The third-order valence-electron chi connectivity index (χ3n) is 1.26. The Balaban J connectivity index is 0.000000500. The van der Waals surface area contributed by atoms with Gasteiger partial charge < -0.3 is 0 Å². The van der Waals surface area contributed by atoms with E-state index in [1.807, 2.05) is 12.3 Å². The van der Waals surface area contributed by atoms with E-state index in [0.29, 0.717) is 14.7 Å². The first-order valence-electron chi connectivity index (χ1n) is 2.76. The molecule has 2 aromatic rings. The van der Waals surface area contributed by atoms with Crippen molar-refractivity contribution in [2.24, 2.45) is 0 Å². The van der Waals surface area contributed by atoms with E-state index in [0.717, 1.165) is 0 Å². The fourth-order valence-electron chi connectivity index (χ4n) is 0.810. The number of fused-ring (bicyclic) bond motifs is 1. The van der Waals surface area contributed by atoms with Crippen LogP contribution in [0.2, 0.25) is 0 Å². The van der Waals surface area contributed by atoms with Crippen LogP contribution in [0.25, 0.3) is 9.65 Å². The molecule has 0 saturated heterocycles. The van der Waals surface area contributed by atoms with Gasteiger partial charge in [0.15, 0.2) is 0 Å².